The van der Waals surface area contributed by atoms with Crippen LogP contribution in [0.3, 0.4) is 0 Å². The maximum absolute atomic E-state index is 12.3. The van der Waals surface area contributed by atoms with Gasteiger partial charge in [0, 0.05) is 6.54 Å². The van der Waals surface area contributed by atoms with Gasteiger partial charge in [-0.3, -0.25) is 9.69 Å². The number of carbonyl (C=O) groups is 2. The van der Waals surface area contributed by atoms with Gasteiger partial charge in [0.05, 0.1) is 6.54 Å². The van der Waals surface area contributed by atoms with Crippen LogP contribution in [0.15, 0.2) is 12.2 Å². The van der Waals surface area contributed by atoms with Crippen molar-refractivity contribution in [2.75, 3.05) is 20.1 Å². The van der Waals surface area contributed by atoms with E-state index in [1.165, 1.54) is 4.90 Å². The van der Waals surface area contributed by atoms with Crippen molar-refractivity contribution in [3.8, 4) is 0 Å². The molecule has 2 aliphatic rings. The zero-order valence-electron chi connectivity index (χ0n) is 10.2. The third-order valence-electron chi connectivity index (χ3n) is 3.51. The van der Waals surface area contributed by atoms with Crippen LogP contribution in [0.4, 0.5) is 4.79 Å². The molecule has 2 fully saturated rings. The van der Waals surface area contributed by atoms with E-state index in [1.54, 1.807) is 0 Å². The second-order valence-electron chi connectivity index (χ2n) is 4.89. The van der Waals surface area contributed by atoms with E-state index in [9.17, 15) is 9.59 Å². The standard InChI is InChI=1S/C12H19N3O2/c1-9(7-13-2)8-15-10(16)12(14-11(15)17)5-3-4-6-12/h13H,1,3-8H2,2H3,(H,14,17). The highest BCUT2D eigenvalue weighted by molar-refractivity contribution is 6.07. The number of hydrogen-bond acceptors (Lipinski definition) is 3. The number of rotatable bonds is 4. The van der Waals surface area contributed by atoms with Crippen LogP contribution in [-0.2, 0) is 4.79 Å². The summed E-state index contributed by atoms with van der Waals surface area (Å²) in [6, 6.07) is -0.269. The van der Waals surface area contributed by atoms with Crippen molar-refractivity contribution in [3.05, 3.63) is 12.2 Å². The van der Waals surface area contributed by atoms with E-state index >= 15 is 0 Å². The van der Waals surface area contributed by atoms with E-state index in [0.29, 0.717) is 13.1 Å². The second-order valence-corrected chi connectivity index (χ2v) is 4.89. The first-order chi connectivity index (χ1) is 8.09. The SMILES string of the molecule is C=C(CNC)CN1C(=O)NC2(CCCC2)C1=O. The molecule has 1 saturated carbocycles. The summed E-state index contributed by atoms with van der Waals surface area (Å²) < 4.78 is 0. The fourth-order valence-electron chi connectivity index (χ4n) is 2.67. The van der Waals surface area contributed by atoms with Gasteiger partial charge in [-0.25, -0.2) is 4.79 Å². The molecule has 94 valence electrons. The Bertz CT molecular complexity index is 359. The van der Waals surface area contributed by atoms with Gasteiger partial charge in [-0.1, -0.05) is 19.4 Å². The van der Waals surface area contributed by atoms with E-state index in [2.05, 4.69) is 17.2 Å². The zero-order chi connectivity index (χ0) is 12.5. The lowest BCUT2D eigenvalue weighted by atomic mass is 9.98. The summed E-state index contributed by atoms with van der Waals surface area (Å²) >= 11 is 0. The molecule has 0 aromatic carbocycles. The Morgan fingerprint density at radius 1 is 1.47 bits per heavy atom. The molecule has 0 radical (unpaired) electrons. The predicted molar refractivity (Wildman–Crippen MR) is 64.5 cm³/mol. The van der Waals surface area contributed by atoms with Crippen LogP contribution in [-0.4, -0.2) is 42.5 Å². The molecule has 2 rings (SSSR count). The van der Waals surface area contributed by atoms with Crippen molar-refractivity contribution in [2.24, 2.45) is 0 Å². The monoisotopic (exact) mass is 237 g/mol. The lowest BCUT2D eigenvalue weighted by molar-refractivity contribution is -0.130. The molecule has 17 heavy (non-hydrogen) atoms. The average molecular weight is 237 g/mol. The lowest BCUT2D eigenvalue weighted by Crippen LogP contribution is -2.44. The van der Waals surface area contributed by atoms with Gasteiger partial charge in [0.15, 0.2) is 0 Å². The Morgan fingerprint density at radius 3 is 2.71 bits per heavy atom. The van der Waals surface area contributed by atoms with Crippen molar-refractivity contribution in [2.45, 2.75) is 31.2 Å². The Hall–Kier alpha value is -1.36. The maximum Gasteiger partial charge on any atom is 0.325 e. The third kappa shape index (κ3) is 2.07. The number of hydrogen-bond donors (Lipinski definition) is 2. The maximum atomic E-state index is 12.3. The van der Waals surface area contributed by atoms with Crippen LogP contribution in [0.2, 0.25) is 0 Å². The molecule has 1 aliphatic carbocycles. The van der Waals surface area contributed by atoms with Gasteiger partial charge >= 0.3 is 6.03 Å². The van der Waals surface area contributed by atoms with Crippen molar-refractivity contribution in [1.82, 2.24) is 15.5 Å². The molecule has 0 unspecified atom stereocenters. The van der Waals surface area contributed by atoms with E-state index < -0.39 is 5.54 Å². The largest absolute Gasteiger partial charge is 0.325 e. The van der Waals surface area contributed by atoms with Gasteiger partial charge in [0.1, 0.15) is 5.54 Å². The number of imide groups is 1. The number of nitrogens with zero attached hydrogens (tertiary/aromatic N) is 1. The highest BCUT2D eigenvalue weighted by Crippen LogP contribution is 2.35. The minimum atomic E-state index is -0.600. The first-order valence-corrected chi connectivity index (χ1v) is 6.04. The molecule has 0 aromatic heterocycles. The van der Waals surface area contributed by atoms with Gasteiger partial charge < -0.3 is 10.6 Å². The summed E-state index contributed by atoms with van der Waals surface area (Å²) in [6.45, 7) is 4.78. The smallest absolute Gasteiger partial charge is 0.323 e. The summed E-state index contributed by atoms with van der Waals surface area (Å²) in [4.78, 5) is 25.4. The molecule has 0 aromatic rings. The topological polar surface area (TPSA) is 61.4 Å². The number of nitrogens with one attached hydrogen (secondary N) is 2. The van der Waals surface area contributed by atoms with Gasteiger partial charge in [-0.15, -0.1) is 0 Å². The second kappa shape index (κ2) is 4.49. The minimum Gasteiger partial charge on any atom is -0.323 e. The van der Waals surface area contributed by atoms with E-state index in [4.69, 9.17) is 0 Å². The summed E-state index contributed by atoms with van der Waals surface area (Å²) in [5.41, 5.74) is 0.239. The van der Waals surface area contributed by atoms with Gasteiger partial charge in [0.25, 0.3) is 5.91 Å². The predicted octanol–water partition coefficient (Wildman–Crippen LogP) is 0.627. The summed E-state index contributed by atoms with van der Waals surface area (Å²) in [5, 5.41) is 5.82. The van der Waals surface area contributed by atoms with Crippen molar-refractivity contribution < 1.29 is 9.59 Å². The van der Waals surface area contributed by atoms with Crippen LogP contribution >= 0.6 is 0 Å². The quantitative estimate of drug-likeness (QED) is 0.557. The first-order valence-electron chi connectivity index (χ1n) is 6.04. The molecule has 1 spiro atoms. The highest BCUT2D eigenvalue weighted by Gasteiger charge is 2.52. The first kappa shape index (κ1) is 12.1. The minimum absolute atomic E-state index is 0.0720. The Labute approximate surface area is 101 Å². The summed E-state index contributed by atoms with van der Waals surface area (Å²) in [6.07, 6.45) is 3.56. The number of carbonyl (C=O) groups excluding carboxylic acids is 2. The molecule has 1 saturated heterocycles. The summed E-state index contributed by atoms with van der Waals surface area (Å²) in [5.74, 6) is -0.0720. The molecular formula is C12H19N3O2. The van der Waals surface area contributed by atoms with Crippen molar-refractivity contribution >= 4 is 11.9 Å². The normalized spacial score (nSPS) is 22.3. The molecule has 2 N–H and O–H groups in total. The van der Waals surface area contributed by atoms with Crippen LogP contribution in [0, 0.1) is 0 Å². The molecule has 1 aliphatic heterocycles. The van der Waals surface area contributed by atoms with Crippen LogP contribution in [0.25, 0.3) is 0 Å². The summed E-state index contributed by atoms with van der Waals surface area (Å²) in [7, 11) is 1.81. The number of amides is 3. The Kier molecular flexibility index (Phi) is 3.19. The molecule has 1 heterocycles. The van der Waals surface area contributed by atoms with Gasteiger partial charge in [0.2, 0.25) is 0 Å². The fraction of sp³-hybridized carbons (Fsp3) is 0.667. The molecule has 0 bridgehead atoms. The van der Waals surface area contributed by atoms with Crippen LogP contribution < -0.4 is 10.6 Å². The molecule has 3 amide bonds. The molecule has 5 nitrogen and oxygen atoms in total. The average Bonchev–Trinajstić information content (AvgIpc) is 2.82. The van der Waals surface area contributed by atoms with Crippen LogP contribution in [0.5, 0.6) is 0 Å². The number of urea groups is 1. The highest BCUT2D eigenvalue weighted by atomic mass is 16.2. The van der Waals surface area contributed by atoms with E-state index in [0.717, 1.165) is 31.3 Å². The molecule has 5 heteroatoms. The Balaban J connectivity index is 2.06. The van der Waals surface area contributed by atoms with E-state index in [1.807, 2.05) is 7.05 Å². The number of likely N-dealkylation sites (N-methyl/N-ethyl adjacent to an activating group) is 1. The Morgan fingerprint density at radius 2 is 2.12 bits per heavy atom. The third-order valence-corrected chi connectivity index (χ3v) is 3.51. The molecule has 0 atom stereocenters. The van der Waals surface area contributed by atoms with Gasteiger partial charge in [-0.05, 0) is 25.5 Å². The van der Waals surface area contributed by atoms with Crippen LogP contribution in [0.1, 0.15) is 25.7 Å². The fourth-order valence-corrected chi connectivity index (χ4v) is 2.67. The van der Waals surface area contributed by atoms with Gasteiger partial charge in [-0.2, -0.15) is 0 Å². The molecular weight excluding hydrogens is 218 g/mol. The van der Waals surface area contributed by atoms with Crippen molar-refractivity contribution in [1.29, 1.82) is 0 Å². The zero-order valence-corrected chi connectivity index (χ0v) is 10.2. The lowest BCUT2D eigenvalue weighted by Gasteiger charge is -2.20. The van der Waals surface area contributed by atoms with Crippen molar-refractivity contribution in [3.63, 3.8) is 0 Å². The van der Waals surface area contributed by atoms with E-state index in [-0.39, 0.29) is 11.9 Å².